The summed E-state index contributed by atoms with van der Waals surface area (Å²) in [5, 5.41) is 1.25. The molecule has 0 aliphatic carbocycles. The molecule has 0 spiro atoms. The molecule has 0 atom stereocenters. The topological polar surface area (TPSA) is 29.1 Å². The average molecular weight is 287 g/mol. The fourth-order valence-corrected chi connectivity index (χ4v) is 0.842. The molecule has 0 aromatic rings. The lowest BCUT2D eigenvalue weighted by molar-refractivity contribution is -0.327. The van der Waals surface area contributed by atoms with Crippen LogP contribution in [0.2, 0.25) is 0 Å². The zero-order valence-electron chi connectivity index (χ0n) is 9.09. The van der Waals surface area contributed by atoms with Crippen LogP contribution in [0.25, 0.3) is 0 Å². The SMILES string of the molecule is CC(C)NC(=O)C(F)(F)C(F)(F)C(F)(F)C(F)F. The first-order valence-corrected chi connectivity index (χ1v) is 4.51. The highest BCUT2D eigenvalue weighted by atomic mass is 19.4. The molecule has 0 aliphatic rings. The molecule has 1 amide bonds. The van der Waals surface area contributed by atoms with Crippen LogP contribution in [0.15, 0.2) is 0 Å². The van der Waals surface area contributed by atoms with Crippen molar-refractivity contribution in [1.82, 2.24) is 5.32 Å². The average Bonchev–Trinajstić information content (AvgIpc) is 2.15. The number of amides is 1. The number of rotatable bonds is 5. The van der Waals surface area contributed by atoms with Crippen LogP contribution >= 0.6 is 0 Å². The predicted octanol–water partition coefficient (Wildman–Crippen LogP) is 2.68. The highest BCUT2D eigenvalue weighted by Gasteiger charge is 2.78. The van der Waals surface area contributed by atoms with Crippen LogP contribution in [-0.4, -0.2) is 36.1 Å². The molecule has 1 N–H and O–H groups in total. The first-order chi connectivity index (χ1) is 7.78. The molecule has 0 heterocycles. The number of alkyl halides is 8. The summed E-state index contributed by atoms with van der Waals surface area (Å²) in [4.78, 5) is 10.7. The summed E-state index contributed by atoms with van der Waals surface area (Å²) in [6, 6.07) is -1.06. The number of carbonyl (C=O) groups is 1. The maximum atomic E-state index is 12.8. The molecule has 0 aromatic heterocycles. The molecule has 0 fully saturated rings. The summed E-state index contributed by atoms with van der Waals surface area (Å²) >= 11 is 0. The van der Waals surface area contributed by atoms with E-state index in [9.17, 15) is 39.9 Å². The normalized spacial score (nSPS) is 14.2. The minimum Gasteiger partial charge on any atom is -0.348 e. The fourth-order valence-electron chi connectivity index (χ4n) is 0.842. The number of carbonyl (C=O) groups excluding carboxylic acids is 1. The third-order valence-corrected chi connectivity index (χ3v) is 1.79. The fraction of sp³-hybridized carbons (Fsp3) is 0.875. The molecule has 0 saturated carbocycles. The van der Waals surface area contributed by atoms with Crippen molar-refractivity contribution in [2.24, 2.45) is 0 Å². The summed E-state index contributed by atoms with van der Waals surface area (Å²) in [5.74, 6) is -21.5. The van der Waals surface area contributed by atoms with Crippen molar-refractivity contribution in [2.75, 3.05) is 0 Å². The predicted molar refractivity (Wildman–Crippen MR) is 44.1 cm³/mol. The maximum Gasteiger partial charge on any atom is 0.392 e. The molecule has 0 unspecified atom stereocenters. The summed E-state index contributed by atoms with van der Waals surface area (Å²) < 4.78 is 99.1. The molecule has 0 aliphatic heterocycles. The van der Waals surface area contributed by atoms with Gasteiger partial charge in [-0.05, 0) is 13.8 Å². The number of halogens is 8. The van der Waals surface area contributed by atoms with Gasteiger partial charge in [0.05, 0.1) is 0 Å². The van der Waals surface area contributed by atoms with Crippen LogP contribution in [0, 0.1) is 0 Å². The molecule has 18 heavy (non-hydrogen) atoms. The molecule has 0 radical (unpaired) electrons. The van der Waals surface area contributed by atoms with E-state index in [1.165, 1.54) is 5.32 Å². The van der Waals surface area contributed by atoms with Gasteiger partial charge in [0.2, 0.25) is 0 Å². The number of hydrogen-bond acceptors (Lipinski definition) is 1. The Morgan fingerprint density at radius 2 is 1.39 bits per heavy atom. The van der Waals surface area contributed by atoms with Gasteiger partial charge in [-0.25, -0.2) is 8.78 Å². The first kappa shape index (κ1) is 16.9. The van der Waals surface area contributed by atoms with Crippen molar-refractivity contribution in [3.8, 4) is 0 Å². The maximum absolute atomic E-state index is 12.8. The van der Waals surface area contributed by atoms with Gasteiger partial charge in [0.1, 0.15) is 0 Å². The summed E-state index contributed by atoms with van der Waals surface area (Å²) in [5.41, 5.74) is 0. The lowest BCUT2D eigenvalue weighted by atomic mass is 10.0. The highest BCUT2D eigenvalue weighted by Crippen LogP contribution is 2.48. The smallest absolute Gasteiger partial charge is 0.348 e. The Hall–Kier alpha value is -1.09. The second-order valence-corrected chi connectivity index (χ2v) is 3.70. The first-order valence-electron chi connectivity index (χ1n) is 4.51. The lowest BCUT2D eigenvalue weighted by Gasteiger charge is -2.31. The van der Waals surface area contributed by atoms with Gasteiger partial charge in [-0.1, -0.05) is 0 Å². The van der Waals surface area contributed by atoms with Crippen molar-refractivity contribution in [3.63, 3.8) is 0 Å². The van der Waals surface area contributed by atoms with E-state index in [2.05, 4.69) is 0 Å². The molecule has 2 nitrogen and oxygen atoms in total. The van der Waals surface area contributed by atoms with E-state index in [0.29, 0.717) is 0 Å². The van der Waals surface area contributed by atoms with Gasteiger partial charge in [0.15, 0.2) is 0 Å². The van der Waals surface area contributed by atoms with Crippen molar-refractivity contribution < 1.29 is 39.9 Å². The second-order valence-electron chi connectivity index (χ2n) is 3.70. The van der Waals surface area contributed by atoms with Gasteiger partial charge in [0.25, 0.3) is 5.91 Å². The van der Waals surface area contributed by atoms with Crippen LogP contribution in [0.3, 0.4) is 0 Å². The molecule has 0 aromatic carbocycles. The van der Waals surface area contributed by atoms with E-state index in [0.717, 1.165) is 13.8 Å². The third-order valence-electron chi connectivity index (χ3n) is 1.79. The summed E-state index contributed by atoms with van der Waals surface area (Å²) in [7, 11) is 0. The van der Waals surface area contributed by atoms with Crippen molar-refractivity contribution in [2.45, 2.75) is 44.1 Å². The van der Waals surface area contributed by atoms with Crippen molar-refractivity contribution >= 4 is 5.91 Å². The standard InChI is InChI=1S/C8H9F8NO/c1-3(2)17-5(18)7(13,14)8(15,16)6(11,12)4(9)10/h3-4H,1-2H3,(H,17,18). The molecule has 0 saturated heterocycles. The molecular weight excluding hydrogens is 278 g/mol. The van der Waals surface area contributed by atoms with Gasteiger partial charge in [-0.15, -0.1) is 0 Å². The van der Waals surface area contributed by atoms with E-state index < -0.39 is 36.1 Å². The monoisotopic (exact) mass is 287 g/mol. The van der Waals surface area contributed by atoms with Crippen LogP contribution < -0.4 is 5.32 Å². The van der Waals surface area contributed by atoms with Gasteiger partial charge < -0.3 is 5.32 Å². The lowest BCUT2D eigenvalue weighted by Crippen LogP contribution is -2.63. The van der Waals surface area contributed by atoms with Crippen LogP contribution in [0.4, 0.5) is 35.1 Å². The second kappa shape index (κ2) is 4.88. The molecular formula is C8H9F8NO. The molecule has 0 bridgehead atoms. The Bertz CT molecular complexity index is 314. The van der Waals surface area contributed by atoms with E-state index in [4.69, 9.17) is 0 Å². The molecule has 10 heteroatoms. The van der Waals surface area contributed by atoms with Gasteiger partial charge in [-0.3, -0.25) is 4.79 Å². The zero-order valence-corrected chi connectivity index (χ0v) is 9.09. The summed E-state index contributed by atoms with van der Waals surface area (Å²) in [6.07, 6.45) is -5.04. The zero-order chi connectivity index (χ0) is 14.9. The van der Waals surface area contributed by atoms with Crippen LogP contribution in [-0.2, 0) is 4.79 Å². The van der Waals surface area contributed by atoms with Crippen LogP contribution in [0.1, 0.15) is 13.8 Å². The Morgan fingerprint density at radius 1 is 1.00 bits per heavy atom. The minimum absolute atomic E-state index is 1.06. The minimum atomic E-state index is -6.51. The van der Waals surface area contributed by atoms with Crippen molar-refractivity contribution in [3.05, 3.63) is 0 Å². The van der Waals surface area contributed by atoms with E-state index in [1.54, 1.807) is 0 Å². The van der Waals surface area contributed by atoms with Crippen molar-refractivity contribution in [1.29, 1.82) is 0 Å². The van der Waals surface area contributed by atoms with E-state index >= 15 is 0 Å². The Labute approximate surface area is 96.3 Å². The molecule has 0 rings (SSSR count). The Balaban J connectivity index is 5.38. The van der Waals surface area contributed by atoms with Crippen LogP contribution in [0.5, 0.6) is 0 Å². The number of hydrogen-bond donors (Lipinski definition) is 1. The molecule has 108 valence electrons. The highest BCUT2D eigenvalue weighted by molar-refractivity contribution is 5.85. The number of nitrogens with one attached hydrogen (secondary N) is 1. The summed E-state index contributed by atoms with van der Waals surface area (Å²) in [6.45, 7) is 2.19. The largest absolute Gasteiger partial charge is 0.392 e. The quantitative estimate of drug-likeness (QED) is 0.774. The van der Waals surface area contributed by atoms with E-state index in [-0.39, 0.29) is 0 Å². The van der Waals surface area contributed by atoms with Gasteiger partial charge in [-0.2, -0.15) is 26.3 Å². The van der Waals surface area contributed by atoms with Gasteiger partial charge >= 0.3 is 24.2 Å². The Kier molecular flexibility index (Phi) is 4.59. The third kappa shape index (κ3) is 2.66. The van der Waals surface area contributed by atoms with E-state index in [1.807, 2.05) is 0 Å². The van der Waals surface area contributed by atoms with Gasteiger partial charge in [0, 0.05) is 6.04 Å². The Morgan fingerprint density at radius 3 is 1.67 bits per heavy atom.